The maximum atomic E-state index is 2.67. The highest BCUT2D eigenvalue weighted by Gasteiger charge is 2.68. The van der Waals surface area contributed by atoms with Crippen molar-refractivity contribution in [1.29, 1.82) is 0 Å². The number of pyridine rings is 1. The van der Waals surface area contributed by atoms with Crippen molar-refractivity contribution >= 4 is 0 Å². The van der Waals surface area contributed by atoms with Gasteiger partial charge >= 0.3 is 0 Å². The number of rotatable bonds is 5. The molecule has 0 radical (unpaired) electrons. The molecule has 2 unspecified atom stereocenters. The highest BCUT2D eigenvalue weighted by molar-refractivity contribution is 5.69. The second-order valence-electron chi connectivity index (χ2n) is 8.21. The highest BCUT2D eigenvalue weighted by Crippen LogP contribution is 2.61. The summed E-state index contributed by atoms with van der Waals surface area (Å²) in [7, 11) is 0. The van der Waals surface area contributed by atoms with Gasteiger partial charge < -0.3 is 0 Å². The Kier molecular flexibility index (Phi) is 4.02. The van der Waals surface area contributed by atoms with Crippen LogP contribution in [0, 0.1) is 6.92 Å². The zero-order chi connectivity index (χ0) is 17.7. The quantitative estimate of drug-likeness (QED) is 0.604. The molecule has 0 amide bonds. The molecule has 0 bridgehead atoms. The van der Waals surface area contributed by atoms with Crippen molar-refractivity contribution in [3.05, 3.63) is 53.2 Å². The van der Waals surface area contributed by atoms with Gasteiger partial charge in [0, 0.05) is 24.5 Å². The van der Waals surface area contributed by atoms with Gasteiger partial charge in [-0.3, -0.25) is 0 Å². The van der Waals surface area contributed by atoms with Gasteiger partial charge in [-0.25, -0.2) is 0 Å². The molecule has 1 aromatic carbocycles. The zero-order valence-electron chi connectivity index (χ0n) is 16.4. The van der Waals surface area contributed by atoms with E-state index in [4.69, 9.17) is 0 Å². The van der Waals surface area contributed by atoms with E-state index in [1.807, 2.05) is 0 Å². The van der Waals surface area contributed by atoms with Crippen LogP contribution >= 0.6 is 0 Å². The van der Waals surface area contributed by atoms with E-state index in [0.717, 1.165) is 0 Å². The van der Waals surface area contributed by atoms with Crippen LogP contribution in [-0.4, -0.2) is 0 Å². The number of benzene rings is 1. The third-order valence-electron chi connectivity index (χ3n) is 7.38. The summed E-state index contributed by atoms with van der Waals surface area (Å²) >= 11 is 0. The smallest absolute Gasteiger partial charge is 0.192 e. The highest BCUT2D eigenvalue weighted by atomic mass is 15.1. The first-order valence-electron chi connectivity index (χ1n) is 10.3. The molecule has 1 fully saturated rings. The lowest BCUT2D eigenvalue weighted by atomic mass is 9.47. The molecule has 2 heterocycles. The van der Waals surface area contributed by atoms with Gasteiger partial charge in [0.1, 0.15) is 0 Å². The Hall–Kier alpha value is -1.63. The number of aromatic nitrogens is 1. The van der Waals surface area contributed by atoms with Crippen LogP contribution in [0.3, 0.4) is 0 Å². The molecule has 1 saturated carbocycles. The average molecular weight is 335 g/mol. The lowest BCUT2D eigenvalue weighted by molar-refractivity contribution is -0.783. The number of aryl methyl sites for hydroxylation is 2. The van der Waals surface area contributed by atoms with Crippen LogP contribution in [0.25, 0.3) is 11.3 Å². The standard InChI is InChI=1S/C24H32N/c1-5-8-11-19-12-13-21-20(17-19)22-18(4)10-9-16-25(22)24(7-3)15-14-23(21,24)6-2/h9-10,12-13,16-17H,5-8,11,14-15H2,1-4H3/q+1. The minimum Gasteiger partial charge on any atom is -0.192 e. The Balaban J connectivity index is 1.99. The molecular formula is C24H32N+. The van der Waals surface area contributed by atoms with Crippen molar-refractivity contribution in [2.75, 3.05) is 0 Å². The van der Waals surface area contributed by atoms with E-state index in [1.54, 1.807) is 5.56 Å². The van der Waals surface area contributed by atoms with Crippen molar-refractivity contribution in [1.82, 2.24) is 0 Å². The van der Waals surface area contributed by atoms with Crippen LogP contribution in [0.5, 0.6) is 0 Å². The second kappa shape index (κ2) is 5.97. The molecule has 0 saturated heterocycles. The maximum Gasteiger partial charge on any atom is 0.216 e. The first-order chi connectivity index (χ1) is 12.1. The van der Waals surface area contributed by atoms with E-state index in [1.165, 1.54) is 67.3 Å². The fraction of sp³-hybridized carbons (Fsp3) is 0.542. The summed E-state index contributed by atoms with van der Waals surface area (Å²) in [5.41, 5.74) is 8.13. The van der Waals surface area contributed by atoms with Gasteiger partial charge in [0.15, 0.2) is 11.7 Å². The molecule has 25 heavy (non-hydrogen) atoms. The molecule has 1 aliphatic heterocycles. The maximum absolute atomic E-state index is 2.67. The Bertz CT molecular complexity index is 798. The lowest BCUT2D eigenvalue weighted by Crippen LogP contribution is -2.75. The largest absolute Gasteiger partial charge is 0.216 e. The van der Waals surface area contributed by atoms with Crippen molar-refractivity contribution in [3.63, 3.8) is 0 Å². The Morgan fingerprint density at radius 3 is 2.52 bits per heavy atom. The topological polar surface area (TPSA) is 3.88 Å². The number of unbranched alkanes of at least 4 members (excludes halogenated alkanes) is 1. The molecule has 1 nitrogen and oxygen atoms in total. The first kappa shape index (κ1) is 16.8. The van der Waals surface area contributed by atoms with Crippen molar-refractivity contribution in [3.8, 4) is 11.3 Å². The molecule has 0 N–H and O–H groups in total. The second-order valence-corrected chi connectivity index (χ2v) is 8.21. The minimum absolute atomic E-state index is 0.279. The van der Waals surface area contributed by atoms with Crippen LogP contribution in [0.2, 0.25) is 0 Å². The van der Waals surface area contributed by atoms with Gasteiger partial charge in [-0.2, -0.15) is 4.57 Å². The number of hydrogen-bond donors (Lipinski definition) is 0. The molecule has 2 aromatic rings. The van der Waals surface area contributed by atoms with Crippen molar-refractivity contribution < 1.29 is 4.57 Å². The molecule has 1 aliphatic carbocycles. The lowest BCUT2D eigenvalue weighted by Gasteiger charge is -2.57. The van der Waals surface area contributed by atoms with E-state index in [0.29, 0.717) is 5.41 Å². The van der Waals surface area contributed by atoms with Gasteiger partial charge in [-0.1, -0.05) is 39.3 Å². The van der Waals surface area contributed by atoms with Crippen LogP contribution < -0.4 is 4.57 Å². The molecule has 132 valence electrons. The summed E-state index contributed by atoms with van der Waals surface area (Å²) < 4.78 is 2.67. The van der Waals surface area contributed by atoms with Gasteiger partial charge in [0.2, 0.25) is 5.69 Å². The van der Waals surface area contributed by atoms with E-state index in [2.05, 4.69) is 68.8 Å². The summed E-state index contributed by atoms with van der Waals surface area (Å²) in [6, 6.07) is 12.0. The molecular weight excluding hydrogens is 302 g/mol. The Labute approximate surface area is 153 Å². The predicted octanol–water partition coefficient (Wildman–Crippen LogP) is 5.85. The van der Waals surface area contributed by atoms with E-state index >= 15 is 0 Å². The van der Waals surface area contributed by atoms with Gasteiger partial charge in [0.05, 0.1) is 11.0 Å². The van der Waals surface area contributed by atoms with E-state index in [-0.39, 0.29) is 5.54 Å². The van der Waals surface area contributed by atoms with Gasteiger partial charge in [0.25, 0.3) is 0 Å². The summed E-state index contributed by atoms with van der Waals surface area (Å²) in [4.78, 5) is 0. The van der Waals surface area contributed by atoms with E-state index < -0.39 is 0 Å². The van der Waals surface area contributed by atoms with Gasteiger partial charge in [-0.05, 0) is 55.9 Å². The zero-order valence-corrected chi connectivity index (χ0v) is 16.4. The molecule has 0 spiro atoms. The van der Waals surface area contributed by atoms with Gasteiger partial charge in [-0.15, -0.1) is 0 Å². The molecule has 2 aliphatic rings. The van der Waals surface area contributed by atoms with Crippen LogP contribution in [-0.2, 0) is 17.4 Å². The summed E-state index contributed by atoms with van der Waals surface area (Å²) in [5, 5.41) is 0. The fourth-order valence-corrected chi connectivity index (χ4v) is 5.89. The Morgan fingerprint density at radius 1 is 1.04 bits per heavy atom. The summed E-state index contributed by atoms with van der Waals surface area (Å²) in [6.45, 7) is 9.36. The Morgan fingerprint density at radius 2 is 1.88 bits per heavy atom. The molecule has 4 rings (SSSR count). The van der Waals surface area contributed by atoms with Crippen molar-refractivity contribution in [2.24, 2.45) is 0 Å². The SMILES string of the molecule is CCCCc1ccc2c(c1)-c1c(C)ccc[n+]1C1(CC)CCC21CC. The number of nitrogens with zero attached hydrogens (tertiary/aromatic N) is 1. The normalized spacial score (nSPS) is 26.4. The van der Waals surface area contributed by atoms with E-state index in [9.17, 15) is 0 Å². The number of hydrogen-bond acceptors (Lipinski definition) is 0. The average Bonchev–Trinajstić information content (AvgIpc) is 2.61. The first-order valence-corrected chi connectivity index (χ1v) is 10.3. The van der Waals surface area contributed by atoms with Crippen LogP contribution in [0.1, 0.15) is 76.0 Å². The van der Waals surface area contributed by atoms with Crippen LogP contribution in [0.15, 0.2) is 36.5 Å². The fourth-order valence-electron chi connectivity index (χ4n) is 5.89. The summed E-state index contributed by atoms with van der Waals surface area (Å²) in [6.07, 6.45) is 11.2. The third-order valence-corrected chi connectivity index (χ3v) is 7.38. The van der Waals surface area contributed by atoms with Crippen LogP contribution in [0.4, 0.5) is 0 Å². The third kappa shape index (κ3) is 2.05. The molecule has 1 heteroatoms. The minimum atomic E-state index is 0.279. The molecule has 1 aromatic heterocycles. The molecule has 2 atom stereocenters. The van der Waals surface area contributed by atoms with Crippen molar-refractivity contribution in [2.45, 2.75) is 83.6 Å². The number of fused-ring (bicyclic) bond motifs is 6. The summed E-state index contributed by atoms with van der Waals surface area (Å²) in [5.74, 6) is 0. The monoisotopic (exact) mass is 334 g/mol. The predicted molar refractivity (Wildman–Crippen MR) is 105 cm³/mol.